The number of aliphatic hydroxyl groups excluding tert-OH is 4. The summed E-state index contributed by atoms with van der Waals surface area (Å²) in [6.45, 7) is 4.42. The average Bonchev–Trinajstić information content (AvgIpc) is 2.27. The Morgan fingerprint density at radius 1 is 1.26 bits per heavy atom. The van der Waals surface area contributed by atoms with Crippen LogP contribution in [0, 0.1) is 0 Å². The summed E-state index contributed by atoms with van der Waals surface area (Å²) in [7, 11) is 0. The monoisotopic (exact) mass is 279 g/mol. The first-order chi connectivity index (χ1) is 8.65. The van der Waals surface area contributed by atoms with Crippen LogP contribution in [0.1, 0.15) is 20.8 Å². The molecule has 0 aliphatic carbocycles. The van der Waals surface area contributed by atoms with Crippen molar-refractivity contribution in [3.63, 3.8) is 0 Å². The van der Waals surface area contributed by atoms with E-state index in [9.17, 15) is 20.1 Å². The summed E-state index contributed by atoms with van der Waals surface area (Å²) in [6.07, 6.45) is -6.42. The van der Waals surface area contributed by atoms with Crippen molar-refractivity contribution in [2.24, 2.45) is 0 Å². The van der Waals surface area contributed by atoms with E-state index < -0.39 is 48.9 Å². The molecule has 1 aliphatic rings. The van der Waals surface area contributed by atoms with Crippen LogP contribution in [0.4, 0.5) is 4.79 Å². The lowest BCUT2D eigenvalue weighted by atomic mass is 9.97. The fourth-order valence-corrected chi connectivity index (χ4v) is 1.70. The molecule has 8 nitrogen and oxygen atoms in total. The second kappa shape index (κ2) is 6.02. The van der Waals surface area contributed by atoms with Crippen LogP contribution in [0.25, 0.3) is 0 Å². The van der Waals surface area contributed by atoms with E-state index in [1.54, 1.807) is 20.8 Å². The maximum atomic E-state index is 11.5. The van der Waals surface area contributed by atoms with E-state index in [-0.39, 0.29) is 0 Å². The second-order valence-electron chi connectivity index (χ2n) is 5.40. The number of hydrogen-bond acceptors (Lipinski definition) is 7. The van der Waals surface area contributed by atoms with E-state index in [4.69, 9.17) is 14.6 Å². The van der Waals surface area contributed by atoms with Crippen molar-refractivity contribution in [2.75, 3.05) is 6.61 Å². The Labute approximate surface area is 110 Å². The number of amides is 1. The highest BCUT2D eigenvalue weighted by molar-refractivity contribution is 5.68. The molecule has 0 aromatic rings. The van der Waals surface area contributed by atoms with Crippen molar-refractivity contribution < 1.29 is 34.7 Å². The minimum Gasteiger partial charge on any atom is -0.444 e. The van der Waals surface area contributed by atoms with Crippen molar-refractivity contribution in [1.82, 2.24) is 5.32 Å². The average molecular weight is 279 g/mol. The molecule has 1 amide bonds. The molecule has 19 heavy (non-hydrogen) atoms. The Morgan fingerprint density at radius 2 is 1.84 bits per heavy atom. The van der Waals surface area contributed by atoms with Crippen molar-refractivity contribution in [3.05, 3.63) is 0 Å². The van der Waals surface area contributed by atoms with Gasteiger partial charge in [-0.25, -0.2) is 4.79 Å². The van der Waals surface area contributed by atoms with Gasteiger partial charge in [0, 0.05) is 0 Å². The van der Waals surface area contributed by atoms with E-state index in [1.165, 1.54) is 0 Å². The topological polar surface area (TPSA) is 128 Å². The third-order valence-electron chi connectivity index (χ3n) is 2.58. The van der Waals surface area contributed by atoms with Crippen molar-refractivity contribution in [1.29, 1.82) is 0 Å². The molecular weight excluding hydrogens is 258 g/mol. The molecule has 0 spiro atoms. The minimum atomic E-state index is -1.55. The first-order valence-electron chi connectivity index (χ1n) is 5.95. The molecule has 0 saturated carbocycles. The fourth-order valence-electron chi connectivity index (χ4n) is 1.70. The summed E-state index contributed by atoms with van der Waals surface area (Å²) in [5.41, 5.74) is -0.734. The van der Waals surface area contributed by atoms with E-state index in [0.29, 0.717) is 0 Å². The van der Waals surface area contributed by atoms with Gasteiger partial charge in [-0.2, -0.15) is 0 Å². The van der Waals surface area contributed by atoms with Gasteiger partial charge in [0.1, 0.15) is 30.0 Å². The van der Waals surface area contributed by atoms with Crippen LogP contribution in [-0.4, -0.2) is 69.4 Å². The highest BCUT2D eigenvalue weighted by Gasteiger charge is 2.44. The van der Waals surface area contributed by atoms with E-state index in [0.717, 1.165) is 0 Å². The van der Waals surface area contributed by atoms with Crippen LogP contribution in [0.2, 0.25) is 0 Å². The van der Waals surface area contributed by atoms with Crippen molar-refractivity contribution in [3.8, 4) is 0 Å². The molecule has 0 aromatic heterocycles. The largest absolute Gasteiger partial charge is 0.444 e. The molecule has 1 rings (SSSR count). The number of carbonyl (C=O) groups is 1. The molecule has 5 N–H and O–H groups in total. The first kappa shape index (κ1) is 16.1. The number of rotatable bonds is 2. The Morgan fingerprint density at radius 3 is 2.32 bits per heavy atom. The van der Waals surface area contributed by atoms with Gasteiger partial charge in [0.25, 0.3) is 0 Å². The van der Waals surface area contributed by atoms with Gasteiger partial charge >= 0.3 is 6.09 Å². The molecule has 0 bridgehead atoms. The third-order valence-corrected chi connectivity index (χ3v) is 2.58. The van der Waals surface area contributed by atoms with Crippen LogP contribution in [-0.2, 0) is 9.47 Å². The van der Waals surface area contributed by atoms with Gasteiger partial charge in [-0.1, -0.05) is 0 Å². The zero-order valence-electron chi connectivity index (χ0n) is 11.1. The molecule has 0 aromatic carbocycles. The maximum absolute atomic E-state index is 11.5. The van der Waals surface area contributed by atoms with Crippen LogP contribution in [0.3, 0.4) is 0 Å². The van der Waals surface area contributed by atoms with Crippen LogP contribution in [0.15, 0.2) is 0 Å². The molecule has 1 heterocycles. The number of hydrogen-bond donors (Lipinski definition) is 5. The molecule has 1 saturated heterocycles. The lowest BCUT2D eigenvalue weighted by molar-refractivity contribution is -0.253. The lowest BCUT2D eigenvalue weighted by Gasteiger charge is -2.40. The van der Waals surface area contributed by atoms with Gasteiger partial charge in [-0.3, -0.25) is 0 Å². The molecule has 1 fully saturated rings. The minimum absolute atomic E-state index is 0.561. The van der Waals surface area contributed by atoms with Gasteiger partial charge in [0.15, 0.2) is 6.29 Å². The quantitative estimate of drug-likeness (QED) is 0.408. The summed E-state index contributed by atoms with van der Waals surface area (Å²) in [4.78, 5) is 11.5. The third kappa shape index (κ3) is 4.29. The van der Waals surface area contributed by atoms with Gasteiger partial charge in [-0.05, 0) is 20.8 Å². The fraction of sp³-hybridized carbons (Fsp3) is 0.909. The molecule has 0 radical (unpaired) electrons. The molecule has 1 aliphatic heterocycles. The van der Waals surface area contributed by atoms with Gasteiger partial charge in [-0.15, -0.1) is 0 Å². The Balaban J connectivity index is 2.65. The molecule has 112 valence electrons. The van der Waals surface area contributed by atoms with E-state index in [1.807, 2.05) is 0 Å². The van der Waals surface area contributed by atoms with Gasteiger partial charge in [0.05, 0.1) is 6.61 Å². The lowest BCUT2D eigenvalue weighted by Crippen LogP contribution is -2.64. The zero-order chi connectivity index (χ0) is 14.8. The highest BCUT2D eigenvalue weighted by atomic mass is 16.6. The normalized spacial score (nSPS) is 35.8. The van der Waals surface area contributed by atoms with Crippen molar-refractivity contribution in [2.45, 2.75) is 57.0 Å². The summed E-state index contributed by atoms with van der Waals surface area (Å²) in [5.74, 6) is 0. The molecular formula is C11H21NO7. The van der Waals surface area contributed by atoms with Crippen molar-refractivity contribution >= 4 is 6.09 Å². The highest BCUT2D eigenvalue weighted by Crippen LogP contribution is 2.20. The number of carbonyl (C=O) groups excluding carboxylic acids is 1. The maximum Gasteiger partial charge on any atom is 0.408 e. The number of ether oxygens (including phenoxy) is 2. The van der Waals surface area contributed by atoms with E-state index in [2.05, 4.69) is 5.32 Å². The van der Waals surface area contributed by atoms with Gasteiger partial charge in [0.2, 0.25) is 0 Å². The Bertz CT molecular complexity index is 317. The predicted molar refractivity (Wildman–Crippen MR) is 63.1 cm³/mol. The predicted octanol–water partition coefficient (Wildman–Crippen LogP) is -1.69. The Hall–Kier alpha value is -0.930. The first-order valence-corrected chi connectivity index (χ1v) is 5.95. The summed E-state index contributed by atoms with van der Waals surface area (Å²) >= 11 is 0. The zero-order valence-corrected chi connectivity index (χ0v) is 11.1. The van der Waals surface area contributed by atoms with Crippen LogP contribution >= 0.6 is 0 Å². The smallest absolute Gasteiger partial charge is 0.408 e. The second-order valence-corrected chi connectivity index (χ2v) is 5.40. The summed E-state index contributed by atoms with van der Waals surface area (Å²) < 4.78 is 9.85. The number of nitrogens with one attached hydrogen (secondary N) is 1. The molecule has 5 atom stereocenters. The molecule has 8 heteroatoms. The number of aliphatic hydroxyl groups is 4. The van der Waals surface area contributed by atoms with E-state index >= 15 is 0 Å². The summed E-state index contributed by atoms with van der Waals surface area (Å²) in [5, 5.41) is 40.2. The Kier molecular flexibility index (Phi) is 5.11. The van der Waals surface area contributed by atoms with Crippen LogP contribution in [0.5, 0.6) is 0 Å². The van der Waals surface area contributed by atoms with Crippen LogP contribution < -0.4 is 5.32 Å². The molecule has 1 unspecified atom stereocenters. The number of alkyl carbamates (subject to hydrolysis) is 1. The SMILES string of the molecule is CC(C)(C)OC(=O)N[C@H]1C(O)O[C@H](CO)[C@@H](O)[C@@H]1O. The standard InChI is InChI=1S/C11H21NO7/c1-11(2,3)19-10(17)12-6-8(15)7(14)5(4-13)18-9(6)16/h5-9,13-16H,4H2,1-3H3,(H,12,17)/t5-,6-,7-,8-,9?/m1/s1. The summed E-state index contributed by atoms with van der Waals surface area (Å²) in [6, 6.07) is -1.24. The van der Waals surface area contributed by atoms with Gasteiger partial charge < -0.3 is 35.2 Å².